The van der Waals surface area contributed by atoms with Crippen molar-refractivity contribution in [3.8, 4) is 0 Å². The normalized spacial score (nSPS) is 12.3. The Hall–Kier alpha value is -1.58. The number of hydrogen-bond donors (Lipinski definition) is 1. The van der Waals surface area contributed by atoms with Gasteiger partial charge in [-0.25, -0.2) is 18.1 Å². The zero-order valence-electron chi connectivity index (χ0n) is 11.7. The number of alkyl halides is 3. The fourth-order valence-electron chi connectivity index (χ4n) is 1.65. The highest BCUT2D eigenvalue weighted by Gasteiger charge is 2.30. The van der Waals surface area contributed by atoms with Crippen LogP contribution in [-0.4, -0.2) is 25.7 Å². The van der Waals surface area contributed by atoms with E-state index in [9.17, 15) is 21.6 Å². The van der Waals surface area contributed by atoms with Crippen LogP contribution in [-0.2, 0) is 16.2 Å². The first-order valence-electron chi connectivity index (χ1n) is 6.50. The molecule has 0 aliphatic heterocycles. The van der Waals surface area contributed by atoms with Crippen molar-refractivity contribution in [2.75, 3.05) is 12.3 Å². The molecule has 1 heterocycles. The molecule has 2 rings (SSSR count). The molecule has 0 atom stereocenters. The van der Waals surface area contributed by atoms with Crippen LogP contribution in [0.2, 0.25) is 0 Å². The maximum atomic E-state index is 12.4. The number of hydrogen-bond acceptors (Lipinski definition) is 4. The minimum absolute atomic E-state index is 0.143. The lowest BCUT2D eigenvalue weighted by Gasteiger charge is -2.08. The van der Waals surface area contributed by atoms with E-state index in [1.807, 2.05) is 0 Å². The Kier molecular flexibility index (Phi) is 5.66. The summed E-state index contributed by atoms with van der Waals surface area (Å²) in [6.07, 6.45) is -3.65. The fourth-order valence-corrected chi connectivity index (χ4v) is 3.53. The molecule has 0 amide bonds. The van der Waals surface area contributed by atoms with E-state index >= 15 is 0 Å². The molecule has 1 aromatic carbocycles. The van der Waals surface area contributed by atoms with Crippen molar-refractivity contribution in [2.45, 2.75) is 16.1 Å². The minimum atomic E-state index is -4.42. The van der Waals surface area contributed by atoms with Gasteiger partial charge in [0.05, 0.1) is 15.5 Å². The van der Waals surface area contributed by atoms with Gasteiger partial charge in [0.25, 0.3) is 0 Å². The zero-order chi connectivity index (χ0) is 16.9. The number of sulfonamides is 1. The van der Waals surface area contributed by atoms with Crippen LogP contribution < -0.4 is 4.72 Å². The van der Waals surface area contributed by atoms with Crippen LogP contribution in [0, 0.1) is 0 Å². The van der Waals surface area contributed by atoms with E-state index in [0.29, 0.717) is 10.8 Å². The van der Waals surface area contributed by atoms with Gasteiger partial charge in [0.15, 0.2) is 0 Å². The number of thioether (sulfide) groups is 1. The van der Waals surface area contributed by atoms with E-state index < -0.39 is 21.8 Å². The topological polar surface area (TPSA) is 59.1 Å². The highest BCUT2D eigenvalue weighted by atomic mass is 32.2. The summed E-state index contributed by atoms with van der Waals surface area (Å²) in [7, 11) is -3.57. The van der Waals surface area contributed by atoms with Crippen molar-refractivity contribution in [3.63, 3.8) is 0 Å². The first kappa shape index (κ1) is 17.8. The molecule has 0 saturated heterocycles. The fraction of sp³-hybridized carbons (Fsp3) is 0.214. The van der Waals surface area contributed by atoms with Gasteiger partial charge in [-0.3, -0.25) is 0 Å². The SMILES string of the molecule is O=S(=O)(NCCSc1ccc(C(F)(F)F)cn1)c1ccccc1. The van der Waals surface area contributed by atoms with Crippen molar-refractivity contribution in [2.24, 2.45) is 0 Å². The summed E-state index contributed by atoms with van der Waals surface area (Å²) in [5.74, 6) is 0.352. The first-order valence-corrected chi connectivity index (χ1v) is 8.97. The summed E-state index contributed by atoms with van der Waals surface area (Å²) in [6.45, 7) is 0.143. The summed E-state index contributed by atoms with van der Waals surface area (Å²) in [5, 5.41) is 0.400. The number of halogens is 3. The van der Waals surface area contributed by atoms with Gasteiger partial charge in [0, 0.05) is 18.5 Å². The molecule has 4 nitrogen and oxygen atoms in total. The molecule has 0 fully saturated rings. The molecule has 124 valence electrons. The Balaban J connectivity index is 1.84. The van der Waals surface area contributed by atoms with Crippen molar-refractivity contribution in [1.29, 1.82) is 0 Å². The summed E-state index contributed by atoms with van der Waals surface area (Å²) in [6, 6.07) is 10.1. The van der Waals surface area contributed by atoms with E-state index in [2.05, 4.69) is 9.71 Å². The molecule has 0 saturated carbocycles. The van der Waals surface area contributed by atoms with Gasteiger partial charge in [0.1, 0.15) is 0 Å². The van der Waals surface area contributed by atoms with Crippen LogP contribution in [0.15, 0.2) is 58.6 Å². The van der Waals surface area contributed by atoms with Crippen molar-refractivity contribution < 1.29 is 21.6 Å². The third-order valence-corrected chi connectivity index (χ3v) is 5.18. The van der Waals surface area contributed by atoms with Gasteiger partial charge >= 0.3 is 6.18 Å². The molecule has 1 N–H and O–H groups in total. The summed E-state index contributed by atoms with van der Waals surface area (Å²) in [4.78, 5) is 3.87. The molecule has 0 radical (unpaired) electrons. The molecule has 2 aromatic rings. The Bertz CT molecular complexity index is 733. The lowest BCUT2D eigenvalue weighted by atomic mass is 10.3. The Labute approximate surface area is 136 Å². The average Bonchev–Trinajstić information content (AvgIpc) is 2.52. The molecular weight excluding hydrogens is 349 g/mol. The summed E-state index contributed by atoms with van der Waals surface area (Å²) >= 11 is 1.17. The monoisotopic (exact) mass is 362 g/mol. The van der Waals surface area contributed by atoms with Crippen molar-refractivity contribution >= 4 is 21.8 Å². The molecule has 0 spiro atoms. The third-order valence-electron chi connectivity index (χ3n) is 2.76. The van der Waals surface area contributed by atoms with Gasteiger partial charge in [-0.1, -0.05) is 18.2 Å². The van der Waals surface area contributed by atoms with E-state index in [-0.39, 0.29) is 11.4 Å². The molecule has 1 aromatic heterocycles. The highest BCUT2D eigenvalue weighted by Crippen LogP contribution is 2.29. The molecular formula is C14H13F3N2O2S2. The van der Waals surface area contributed by atoms with Crippen LogP contribution in [0.25, 0.3) is 0 Å². The molecule has 23 heavy (non-hydrogen) atoms. The second-order valence-electron chi connectivity index (χ2n) is 4.44. The lowest BCUT2D eigenvalue weighted by molar-refractivity contribution is -0.137. The standard InChI is InChI=1S/C14H13F3N2O2S2/c15-14(16,17)11-6-7-13(18-10-11)22-9-8-19-23(20,21)12-4-2-1-3-5-12/h1-7,10,19H,8-9H2. The predicted octanol–water partition coefficient (Wildman–Crippen LogP) is 3.17. The maximum absolute atomic E-state index is 12.4. The molecule has 0 aliphatic carbocycles. The number of aromatic nitrogens is 1. The third kappa shape index (κ3) is 5.22. The van der Waals surface area contributed by atoms with Crippen LogP contribution in [0.3, 0.4) is 0 Å². The number of pyridine rings is 1. The second kappa shape index (κ2) is 7.33. The van der Waals surface area contributed by atoms with Crippen LogP contribution in [0.5, 0.6) is 0 Å². The van der Waals surface area contributed by atoms with Crippen molar-refractivity contribution in [3.05, 3.63) is 54.2 Å². The molecule has 0 aliphatic rings. The van der Waals surface area contributed by atoms with E-state index in [1.54, 1.807) is 18.2 Å². The van der Waals surface area contributed by atoms with E-state index in [1.165, 1.54) is 30.0 Å². The number of rotatable bonds is 6. The first-order chi connectivity index (χ1) is 10.8. The second-order valence-corrected chi connectivity index (χ2v) is 7.32. The highest BCUT2D eigenvalue weighted by molar-refractivity contribution is 7.99. The molecule has 0 bridgehead atoms. The summed E-state index contributed by atoms with van der Waals surface area (Å²) < 4.78 is 63.5. The molecule has 9 heteroatoms. The minimum Gasteiger partial charge on any atom is -0.249 e. The Morgan fingerprint density at radius 3 is 2.35 bits per heavy atom. The zero-order valence-corrected chi connectivity index (χ0v) is 13.4. The predicted molar refractivity (Wildman–Crippen MR) is 81.6 cm³/mol. The lowest BCUT2D eigenvalue weighted by Crippen LogP contribution is -2.25. The molecule has 0 unspecified atom stereocenters. The average molecular weight is 362 g/mol. The van der Waals surface area contributed by atoms with Gasteiger partial charge in [-0.15, -0.1) is 11.8 Å². The summed E-state index contributed by atoms with van der Waals surface area (Å²) in [5.41, 5.74) is -0.813. The van der Waals surface area contributed by atoms with Gasteiger partial charge < -0.3 is 0 Å². The quantitative estimate of drug-likeness (QED) is 0.633. The largest absolute Gasteiger partial charge is 0.417 e. The van der Waals surface area contributed by atoms with Gasteiger partial charge in [-0.2, -0.15) is 13.2 Å². The van der Waals surface area contributed by atoms with Gasteiger partial charge in [-0.05, 0) is 24.3 Å². The van der Waals surface area contributed by atoms with Crippen molar-refractivity contribution in [1.82, 2.24) is 9.71 Å². The van der Waals surface area contributed by atoms with Gasteiger partial charge in [0.2, 0.25) is 10.0 Å². The van der Waals surface area contributed by atoms with Crippen LogP contribution in [0.4, 0.5) is 13.2 Å². The number of nitrogens with one attached hydrogen (secondary N) is 1. The van der Waals surface area contributed by atoms with E-state index in [0.717, 1.165) is 12.3 Å². The maximum Gasteiger partial charge on any atom is 0.417 e. The van der Waals surface area contributed by atoms with Crippen LogP contribution >= 0.6 is 11.8 Å². The van der Waals surface area contributed by atoms with Crippen LogP contribution in [0.1, 0.15) is 5.56 Å². The Morgan fingerprint density at radius 2 is 1.78 bits per heavy atom. The number of nitrogens with zero attached hydrogens (tertiary/aromatic N) is 1. The smallest absolute Gasteiger partial charge is 0.249 e. The number of benzene rings is 1. The Morgan fingerprint density at radius 1 is 1.09 bits per heavy atom. The van der Waals surface area contributed by atoms with E-state index in [4.69, 9.17) is 0 Å².